The first-order valence-corrected chi connectivity index (χ1v) is 8.08. The lowest BCUT2D eigenvalue weighted by atomic mass is 10.0. The van der Waals surface area contributed by atoms with Gasteiger partial charge in [-0.2, -0.15) is 0 Å². The first-order chi connectivity index (χ1) is 12.1. The topological polar surface area (TPSA) is 38.7 Å². The van der Waals surface area contributed by atoms with Gasteiger partial charge in [-0.25, -0.2) is 19.3 Å². The largest absolute Gasteiger partial charge is 0.244 e. The van der Waals surface area contributed by atoms with Crippen molar-refractivity contribution >= 4 is 10.9 Å². The van der Waals surface area contributed by atoms with Crippen molar-refractivity contribution < 1.29 is 4.39 Å². The van der Waals surface area contributed by atoms with Gasteiger partial charge in [-0.3, -0.25) is 0 Å². The van der Waals surface area contributed by atoms with Crippen LogP contribution < -0.4 is 0 Å². The van der Waals surface area contributed by atoms with E-state index in [2.05, 4.69) is 9.97 Å². The lowest BCUT2D eigenvalue weighted by molar-refractivity contribution is 0.619. The minimum absolute atomic E-state index is 0.213. The summed E-state index contributed by atoms with van der Waals surface area (Å²) < 4.78 is 13.6. The fraction of sp³-hybridized carbons (Fsp3) is 0.0952. The van der Waals surface area contributed by atoms with E-state index in [0.29, 0.717) is 17.1 Å². The lowest BCUT2D eigenvalue weighted by Crippen LogP contribution is -1.96. The molecule has 0 radical (unpaired) electrons. The van der Waals surface area contributed by atoms with Crippen LogP contribution in [0.5, 0.6) is 0 Å². The summed E-state index contributed by atoms with van der Waals surface area (Å²) in [4.78, 5) is 13.8. The highest BCUT2D eigenvalue weighted by Gasteiger charge is 2.10. The summed E-state index contributed by atoms with van der Waals surface area (Å²) in [5, 5.41) is 0.993. The van der Waals surface area contributed by atoms with Crippen molar-refractivity contribution in [3.8, 4) is 22.8 Å². The summed E-state index contributed by atoms with van der Waals surface area (Å²) in [6, 6.07) is 16.8. The van der Waals surface area contributed by atoms with Crippen LogP contribution >= 0.6 is 0 Å². The number of hydrogen-bond donors (Lipinski definition) is 0. The van der Waals surface area contributed by atoms with Crippen LogP contribution in [-0.2, 0) is 0 Å². The van der Waals surface area contributed by atoms with Crippen LogP contribution in [0.4, 0.5) is 4.39 Å². The van der Waals surface area contributed by atoms with Gasteiger partial charge in [0.1, 0.15) is 11.5 Å². The molecule has 0 amide bonds. The number of aromatic nitrogens is 3. The Balaban J connectivity index is 1.84. The number of aryl methyl sites for hydroxylation is 2. The van der Waals surface area contributed by atoms with Crippen molar-refractivity contribution in [1.82, 2.24) is 15.0 Å². The second-order valence-corrected chi connectivity index (χ2v) is 6.08. The van der Waals surface area contributed by atoms with E-state index in [4.69, 9.17) is 4.98 Å². The lowest BCUT2D eigenvalue weighted by Gasteiger charge is -2.09. The third-order valence-corrected chi connectivity index (χ3v) is 4.25. The summed E-state index contributed by atoms with van der Waals surface area (Å²) in [5.74, 6) is 0.370. The molecule has 122 valence electrons. The van der Waals surface area contributed by atoms with Crippen molar-refractivity contribution in [3.63, 3.8) is 0 Å². The molecule has 0 unspecified atom stereocenters. The third kappa shape index (κ3) is 2.87. The molecule has 0 aliphatic rings. The first-order valence-electron chi connectivity index (χ1n) is 8.08. The SMILES string of the molecule is Cc1cc(-c2nc(-c3ncc4ccccc4n3)ccc2C)ccc1F. The summed E-state index contributed by atoms with van der Waals surface area (Å²) in [7, 11) is 0. The molecule has 0 N–H and O–H groups in total. The van der Waals surface area contributed by atoms with Gasteiger partial charge in [0.2, 0.25) is 0 Å². The van der Waals surface area contributed by atoms with Gasteiger partial charge >= 0.3 is 0 Å². The van der Waals surface area contributed by atoms with Crippen LogP contribution in [0, 0.1) is 19.7 Å². The molecule has 25 heavy (non-hydrogen) atoms. The van der Waals surface area contributed by atoms with Crippen LogP contribution in [0.15, 0.2) is 60.8 Å². The minimum atomic E-state index is -0.213. The number of para-hydroxylation sites is 1. The fourth-order valence-corrected chi connectivity index (χ4v) is 2.83. The van der Waals surface area contributed by atoms with Gasteiger partial charge in [-0.1, -0.05) is 24.3 Å². The van der Waals surface area contributed by atoms with E-state index in [1.165, 1.54) is 6.07 Å². The zero-order valence-electron chi connectivity index (χ0n) is 14.0. The Morgan fingerprint density at radius 2 is 1.68 bits per heavy atom. The van der Waals surface area contributed by atoms with Gasteiger partial charge in [-0.15, -0.1) is 0 Å². The normalized spacial score (nSPS) is 11.0. The van der Waals surface area contributed by atoms with E-state index >= 15 is 0 Å². The maximum Gasteiger partial charge on any atom is 0.178 e. The van der Waals surface area contributed by atoms with Crippen molar-refractivity contribution in [2.75, 3.05) is 0 Å². The molecule has 2 aromatic heterocycles. The average molecular weight is 329 g/mol. The Morgan fingerprint density at radius 1 is 0.840 bits per heavy atom. The number of fused-ring (bicyclic) bond motifs is 1. The Morgan fingerprint density at radius 3 is 2.52 bits per heavy atom. The van der Waals surface area contributed by atoms with Gasteiger partial charge < -0.3 is 0 Å². The highest BCUT2D eigenvalue weighted by Crippen LogP contribution is 2.26. The fourth-order valence-electron chi connectivity index (χ4n) is 2.83. The number of benzene rings is 2. The molecule has 0 spiro atoms. The highest BCUT2D eigenvalue weighted by atomic mass is 19.1. The average Bonchev–Trinajstić information content (AvgIpc) is 2.64. The second-order valence-electron chi connectivity index (χ2n) is 6.08. The number of hydrogen-bond acceptors (Lipinski definition) is 3. The van der Waals surface area contributed by atoms with Crippen LogP contribution in [0.1, 0.15) is 11.1 Å². The van der Waals surface area contributed by atoms with E-state index in [-0.39, 0.29) is 5.82 Å². The van der Waals surface area contributed by atoms with Gasteiger partial charge in [0.25, 0.3) is 0 Å². The predicted octanol–water partition coefficient (Wildman–Crippen LogP) is 5.11. The Hall–Kier alpha value is -3.14. The predicted molar refractivity (Wildman–Crippen MR) is 97.6 cm³/mol. The summed E-state index contributed by atoms with van der Waals surface area (Å²) in [6.07, 6.45) is 1.81. The van der Waals surface area contributed by atoms with E-state index in [0.717, 1.165) is 27.7 Å². The Bertz CT molecular complexity index is 1090. The molecule has 0 saturated carbocycles. The van der Waals surface area contributed by atoms with Crippen LogP contribution in [0.2, 0.25) is 0 Å². The number of pyridine rings is 1. The Kier molecular flexibility index (Phi) is 3.73. The van der Waals surface area contributed by atoms with Crippen molar-refractivity contribution in [3.05, 3.63) is 77.7 Å². The molecule has 0 fully saturated rings. The van der Waals surface area contributed by atoms with Crippen molar-refractivity contribution in [2.45, 2.75) is 13.8 Å². The molecule has 0 bridgehead atoms. The van der Waals surface area contributed by atoms with Crippen LogP contribution in [-0.4, -0.2) is 15.0 Å². The van der Waals surface area contributed by atoms with Gasteiger partial charge in [0.15, 0.2) is 5.82 Å². The second kappa shape index (κ2) is 6.06. The van der Waals surface area contributed by atoms with Gasteiger partial charge in [0.05, 0.1) is 11.2 Å². The number of halogens is 1. The zero-order chi connectivity index (χ0) is 17.4. The summed E-state index contributed by atoms with van der Waals surface area (Å²) >= 11 is 0. The summed E-state index contributed by atoms with van der Waals surface area (Å²) in [6.45, 7) is 3.75. The third-order valence-electron chi connectivity index (χ3n) is 4.25. The molecule has 0 aliphatic carbocycles. The van der Waals surface area contributed by atoms with E-state index in [9.17, 15) is 4.39 Å². The molecular weight excluding hydrogens is 313 g/mol. The maximum absolute atomic E-state index is 13.6. The molecule has 2 aromatic carbocycles. The molecule has 2 heterocycles. The monoisotopic (exact) mass is 329 g/mol. The Labute approximate surface area is 145 Å². The maximum atomic E-state index is 13.6. The summed E-state index contributed by atoms with van der Waals surface area (Å²) in [5.41, 5.74) is 4.92. The molecule has 0 atom stereocenters. The smallest absolute Gasteiger partial charge is 0.178 e. The molecule has 4 heteroatoms. The number of nitrogens with zero attached hydrogens (tertiary/aromatic N) is 3. The molecule has 0 saturated heterocycles. The minimum Gasteiger partial charge on any atom is -0.244 e. The molecular formula is C21H16FN3. The first kappa shape index (κ1) is 15.4. The van der Waals surface area contributed by atoms with E-state index in [1.54, 1.807) is 19.2 Å². The van der Waals surface area contributed by atoms with E-state index < -0.39 is 0 Å². The standard InChI is InChI=1S/C21H16FN3/c1-13-7-10-19(21-23-12-16-5-3-4-6-18(16)25-21)24-20(13)15-8-9-17(22)14(2)11-15/h3-12H,1-2H3. The number of rotatable bonds is 2. The van der Waals surface area contributed by atoms with Crippen molar-refractivity contribution in [1.29, 1.82) is 0 Å². The quantitative estimate of drug-likeness (QED) is 0.512. The van der Waals surface area contributed by atoms with Crippen molar-refractivity contribution in [2.24, 2.45) is 0 Å². The molecule has 0 aliphatic heterocycles. The van der Waals surface area contributed by atoms with Gasteiger partial charge in [-0.05, 0) is 55.3 Å². The highest BCUT2D eigenvalue weighted by molar-refractivity contribution is 5.79. The van der Waals surface area contributed by atoms with Crippen LogP contribution in [0.25, 0.3) is 33.7 Å². The molecule has 3 nitrogen and oxygen atoms in total. The van der Waals surface area contributed by atoms with Crippen LogP contribution in [0.3, 0.4) is 0 Å². The van der Waals surface area contributed by atoms with E-state index in [1.807, 2.05) is 49.4 Å². The zero-order valence-corrected chi connectivity index (χ0v) is 14.0. The molecule has 4 aromatic rings. The van der Waals surface area contributed by atoms with Gasteiger partial charge in [0, 0.05) is 17.1 Å². The molecule has 4 rings (SSSR count).